The van der Waals surface area contributed by atoms with E-state index in [4.69, 9.17) is 21.3 Å². The summed E-state index contributed by atoms with van der Waals surface area (Å²) >= 11 is 6.12. The molecular formula is C22H31ClN2O. The van der Waals surface area contributed by atoms with E-state index in [-0.39, 0.29) is 0 Å². The fourth-order valence-electron chi connectivity index (χ4n) is 2.60. The van der Waals surface area contributed by atoms with Gasteiger partial charge in [-0.25, -0.2) is 4.98 Å². The van der Waals surface area contributed by atoms with E-state index in [0.29, 0.717) is 5.02 Å². The molecule has 3 rings (SSSR count). The van der Waals surface area contributed by atoms with Crippen LogP contribution in [0.15, 0.2) is 36.4 Å². The molecule has 2 aromatic carbocycles. The highest BCUT2D eigenvalue weighted by Crippen LogP contribution is 2.34. The van der Waals surface area contributed by atoms with E-state index in [1.165, 1.54) is 0 Å². The summed E-state index contributed by atoms with van der Waals surface area (Å²) in [6, 6.07) is 11.8. The molecule has 0 bridgehead atoms. The quantitative estimate of drug-likeness (QED) is 0.375. The molecule has 0 saturated heterocycles. The number of rotatable bonds is 5. The SMILES string of the molecule is CC.CC.CCCCNc1c2ccc(Cl)cc2nc2ccc(OC)cc12. The molecule has 1 aromatic heterocycles. The fourth-order valence-corrected chi connectivity index (χ4v) is 2.77. The molecule has 1 N–H and O–H groups in total. The van der Waals surface area contributed by atoms with Gasteiger partial charge in [-0.1, -0.05) is 52.6 Å². The second kappa shape index (κ2) is 11.6. The van der Waals surface area contributed by atoms with Gasteiger partial charge in [0.05, 0.1) is 23.8 Å². The minimum Gasteiger partial charge on any atom is -0.497 e. The number of halogens is 1. The van der Waals surface area contributed by atoms with E-state index < -0.39 is 0 Å². The minimum atomic E-state index is 0.701. The second-order valence-electron chi connectivity index (χ2n) is 5.31. The number of benzene rings is 2. The molecule has 0 atom stereocenters. The van der Waals surface area contributed by atoms with Crippen molar-refractivity contribution in [1.82, 2.24) is 4.98 Å². The number of unbranched alkanes of at least 4 members (excludes halogenated alkanes) is 1. The molecule has 142 valence electrons. The number of hydrogen-bond acceptors (Lipinski definition) is 3. The van der Waals surface area contributed by atoms with Crippen LogP contribution in [0.3, 0.4) is 0 Å². The van der Waals surface area contributed by atoms with Crippen molar-refractivity contribution in [2.45, 2.75) is 47.5 Å². The van der Waals surface area contributed by atoms with Crippen LogP contribution in [-0.4, -0.2) is 18.6 Å². The lowest BCUT2D eigenvalue weighted by Crippen LogP contribution is -2.03. The van der Waals surface area contributed by atoms with Crippen LogP contribution in [0.25, 0.3) is 21.8 Å². The van der Waals surface area contributed by atoms with E-state index in [0.717, 1.165) is 52.6 Å². The van der Waals surface area contributed by atoms with E-state index in [2.05, 4.69) is 12.2 Å². The molecule has 3 aromatic rings. The molecule has 0 aliphatic rings. The van der Waals surface area contributed by atoms with Gasteiger partial charge in [-0.05, 0) is 42.8 Å². The van der Waals surface area contributed by atoms with Crippen molar-refractivity contribution in [3.63, 3.8) is 0 Å². The Balaban J connectivity index is 0.000000791. The molecule has 0 amide bonds. The molecule has 4 heteroatoms. The van der Waals surface area contributed by atoms with E-state index in [1.807, 2.05) is 64.1 Å². The molecule has 26 heavy (non-hydrogen) atoms. The van der Waals surface area contributed by atoms with E-state index >= 15 is 0 Å². The minimum absolute atomic E-state index is 0.701. The smallest absolute Gasteiger partial charge is 0.119 e. The maximum absolute atomic E-state index is 6.12. The van der Waals surface area contributed by atoms with Crippen LogP contribution in [0, 0.1) is 0 Å². The van der Waals surface area contributed by atoms with Gasteiger partial charge in [-0.15, -0.1) is 0 Å². The first-order valence-corrected chi connectivity index (χ1v) is 9.91. The lowest BCUT2D eigenvalue weighted by Gasteiger charge is -2.14. The van der Waals surface area contributed by atoms with Gasteiger partial charge in [0.2, 0.25) is 0 Å². The van der Waals surface area contributed by atoms with Crippen molar-refractivity contribution < 1.29 is 4.74 Å². The normalized spacial score (nSPS) is 9.81. The maximum Gasteiger partial charge on any atom is 0.119 e. The third-order valence-electron chi connectivity index (χ3n) is 3.78. The van der Waals surface area contributed by atoms with E-state index in [9.17, 15) is 0 Å². The van der Waals surface area contributed by atoms with Gasteiger partial charge < -0.3 is 10.1 Å². The first-order chi connectivity index (χ1) is 12.7. The highest BCUT2D eigenvalue weighted by Gasteiger charge is 2.10. The summed E-state index contributed by atoms with van der Waals surface area (Å²) in [6.07, 6.45) is 2.28. The molecule has 0 spiro atoms. The Morgan fingerprint density at radius 2 is 1.69 bits per heavy atom. The second-order valence-corrected chi connectivity index (χ2v) is 5.75. The van der Waals surface area contributed by atoms with Gasteiger partial charge in [0.25, 0.3) is 0 Å². The average Bonchev–Trinajstić information content (AvgIpc) is 2.70. The number of pyridine rings is 1. The zero-order valence-electron chi connectivity index (χ0n) is 16.8. The van der Waals surface area contributed by atoms with Gasteiger partial charge in [0, 0.05) is 22.3 Å². The number of methoxy groups -OCH3 is 1. The van der Waals surface area contributed by atoms with Gasteiger partial charge in [-0.3, -0.25) is 0 Å². The van der Waals surface area contributed by atoms with Crippen LogP contribution in [0.5, 0.6) is 5.75 Å². The van der Waals surface area contributed by atoms with Crippen LogP contribution < -0.4 is 10.1 Å². The standard InChI is InChI=1S/C18H19ClN2O.2C2H6/c1-3-4-9-20-18-14-7-5-12(19)10-17(14)21-16-8-6-13(22-2)11-15(16)18;2*1-2/h5-8,10-11H,3-4,9H2,1-2H3,(H,20,21);2*1-2H3. The first-order valence-electron chi connectivity index (χ1n) is 9.54. The van der Waals surface area contributed by atoms with E-state index in [1.54, 1.807) is 7.11 Å². The Morgan fingerprint density at radius 3 is 2.35 bits per heavy atom. The van der Waals surface area contributed by atoms with Gasteiger partial charge in [0.1, 0.15) is 5.75 Å². The number of nitrogens with one attached hydrogen (secondary N) is 1. The molecule has 0 radical (unpaired) electrons. The molecule has 0 unspecified atom stereocenters. The summed E-state index contributed by atoms with van der Waals surface area (Å²) in [6.45, 7) is 11.1. The highest BCUT2D eigenvalue weighted by atomic mass is 35.5. The predicted molar refractivity (Wildman–Crippen MR) is 117 cm³/mol. The third-order valence-corrected chi connectivity index (χ3v) is 4.01. The predicted octanol–water partition coefficient (Wildman–Crippen LogP) is 7.31. The van der Waals surface area contributed by atoms with Crippen LogP contribution in [-0.2, 0) is 0 Å². The largest absolute Gasteiger partial charge is 0.497 e. The molecule has 0 aliphatic carbocycles. The van der Waals surface area contributed by atoms with Crippen molar-refractivity contribution in [2.24, 2.45) is 0 Å². The van der Waals surface area contributed by atoms with Crippen molar-refractivity contribution in [2.75, 3.05) is 19.0 Å². The average molecular weight is 375 g/mol. The Bertz CT molecular complexity index is 818. The van der Waals surface area contributed by atoms with Crippen molar-refractivity contribution in [3.05, 3.63) is 41.4 Å². The zero-order chi connectivity index (χ0) is 19.5. The molecule has 3 nitrogen and oxygen atoms in total. The molecule has 0 aliphatic heterocycles. The number of fused-ring (bicyclic) bond motifs is 2. The molecule has 1 heterocycles. The van der Waals surface area contributed by atoms with Crippen molar-refractivity contribution >= 4 is 39.1 Å². The third kappa shape index (κ3) is 5.25. The number of nitrogens with zero attached hydrogens (tertiary/aromatic N) is 1. The Hall–Kier alpha value is -2.00. The Kier molecular flexibility index (Phi) is 9.82. The maximum atomic E-state index is 6.12. The van der Waals surface area contributed by atoms with Gasteiger partial charge in [-0.2, -0.15) is 0 Å². The first kappa shape index (κ1) is 22.0. The lowest BCUT2D eigenvalue weighted by molar-refractivity contribution is 0.415. The van der Waals surface area contributed by atoms with Crippen molar-refractivity contribution in [3.8, 4) is 5.75 Å². The molecular weight excluding hydrogens is 344 g/mol. The summed E-state index contributed by atoms with van der Waals surface area (Å²) < 4.78 is 5.36. The summed E-state index contributed by atoms with van der Waals surface area (Å²) in [5.74, 6) is 0.834. The summed E-state index contributed by atoms with van der Waals surface area (Å²) in [7, 11) is 1.68. The van der Waals surface area contributed by atoms with Crippen molar-refractivity contribution in [1.29, 1.82) is 0 Å². The Labute approximate surface area is 162 Å². The summed E-state index contributed by atoms with van der Waals surface area (Å²) in [5, 5.41) is 6.42. The van der Waals surface area contributed by atoms with Gasteiger partial charge in [0.15, 0.2) is 0 Å². The monoisotopic (exact) mass is 374 g/mol. The zero-order valence-corrected chi connectivity index (χ0v) is 17.6. The van der Waals surface area contributed by atoms with Crippen LogP contribution in [0.2, 0.25) is 5.02 Å². The number of anilines is 1. The van der Waals surface area contributed by atoms with Crippen LogP contribution in [0.1, 0.15) is 47.5 Å². The summed E-state index contributed by atoms with van der Waals surface area (Å²) in [5.41, 5.74) is 2.95. The Morgan fingerprint density at radius 1 is 0.962 bits per heavy atom. The lowest BCUT2D eigenvalue weighted by atomic mass is 10.1. The number of ether oxygens (including phenoxy) is 1. The number of hydrogen-bond donors (Lipinski definition) is 1. The van der Waals surface area contributed by atoms with Crippen LogP contribution in [0.4, 0.5) is 5.69 Å². The molecule has 0 fully saturated rings. The van der Waals surface area contributed by atoms with Gasteiger partial charge >= 0.3 is 0 Å². The topological polar surface area (TPSA) is 34.2 Å². The summed E-state index contributed by atoms with van der Waals surface area (Å²) in [4.78, 5) is 4.72. The van der Waals surface area contributed by atoms with Crippen LogP contribution >= 0.6 is 11.6 Å². The number of aromatic nitrogens is 1. The highest BCUT2D eigenvalue weighted by molar-refractivity contribution is 6.31. The fraction of sp³-hybridized carbons (Fsp3) is 0.409. The molecule has 0 saturated carbocycles.